The lowest BCUT2D eigenvalue weighted by molar-refractivity contribution is -0.123. The highest BCUT2D eigenvalue weighted by Gasteiger charge is 2.22. The first kappa shape index (κ1) is 17.0. The van der Waals surface area contributed by atoms with Crippen LogP contribution in [-0.4, -0.2) is 32.3 Å². The van der Waals surface area contributed by atoms with Crippen molar-refractivity contribution in [3.8, 4) is 0 Å². The van der Waals surface area contributed by atoms with Crippen molar-refractivity contribution >= 4 is 23.5 Å². The zero-order valence-corrected chi connectivity index (χ0v) is 13.7. The predicted molar refractivity (Wildman–Crippen MR) is 86.6 cm³/mol. The molecule has 0 spiro atoms. The third kappa shape index (κ3) is 4.82. The molecule has 1 aromatic heterocycles. The van der Waals surface area contributed by atoms with Crippen molar-refractivity contribution < 1.29 is 14.7 Å². The number of hydrogen-bond acceptors (Lipinski definition) is 3. The summed E-state index contributed by atoms with van der Waals surface area (Å²) in [7, 11) is 0. The molecule has 7 heteroatoms. The molecule has 0 saturated heterocycles. The van der Waals surface area contributed by atoms with Gasteiger partial charge in [-0.3, -0.25) is 9.48 Å². The van der Waals surface area contributed by atoms with E-state index in [1.54, 1.807) is 0 Å². The van der Waals surface area contributed by atoms with Gasteiger partial charge in [-0.05, 0) is 38.0 Å². The molecule has 0 atom stereocenters. The standard InChI is InChI=1S/C16H18ClN3O3/c1-16(2,9-11-5-3-4-6-12(11)17)18-14(21)10-20-8-7-13(19-20)15(22)23/h3-8H,9-10H2,1-2H3,(H,18,21)(H,22,23). The van der Waals surface area contributed by atoms with Gasteiger partial charge in [0.1, 0.15) is 6.54 Å². The van der Waals surface area contributed by atoms with Crippen LogP contribution in [0.3, 0.4) is 0 Å². The Morgan fingerprint density at radius 3 is 2.61 bits per heavy atom. The van der Waals surface area contributed by atoms with E-state index in [2.05, 4.69) is 10.4 Å². The van der Waals surface area contributed by atoms with Gasteiger partial charge in [0.15, 0.2) is 5.69 Å². The van der Waals surface area contributed by atoms with E-state index >= 15 is 0 Å². The molecule has 0 unspecified atom stereocenters. The van der Waals surface area contributed by atoms with Crippen LogP contribution >= 0.6 is 11.6 Å². The summed E-state index contributed by atoms with van der Waals surface area (Å²) in [4.78, 5) is 22.9. The molecule has 0 radical (unpaired) electrons. The lowest BCUT2D eigenvalue weighted by Gasteiger charge is -2.27. The molecule has 2 N–H and O–H groups in total. The van der Waals surface area contributed by atoms with Crippen molar-refractivity contribution in [2.24, 2.45) is 0 Å². The van der Waals surface area contributed by atoms with Gasteiger partial charge in [-0.1, -0.05) is 29.8 Å². The summed E-state index contributed by atoms with van der Waals surface area (Å²) < 4.78 is 1.30. The van der Waals surface area contributed by atoms with E-state index in [9.17, 15) is 9.59 Å². The van der Waals surface area contributed by atoms with E-state index in [1.807, 2.05) is 38.1 Å². The van der Waals surface area contributed by atoms with Crippen LogP contribution in [0.4, 0.5) is 0 Å². The van der Waals surface area contributed by atoms with Gasteiger partial charge in [0.2, 0.25) is 5.91 Å². The molecule has 0 fully saturated rings. The van der Waals surface area contributed by atoms with Crippen LogP contribution in [0, 0.1) is 0 Å². The molecule has 0 saturated carbocycles. The Morgan fingerprint density at radius 2 is 2.00 bits per heavy atom. The highest BCUT2D eigenvalue weighted by molar-refractivity contribution is 6.31. The highest BCUT2D eigenvalue weighted by atomic mass is 35.5. The van der Waals surface area contributed by atoms with Gasteiger partial charge >= 0.3 is 5.97 Å². The van der Waals surface area contributed by atoms with Gasteiger partial charge in [0, 0.05) is 16.8 Å². The zero-order valence-electron chi connectivity index (χ0n) is 12.9. The molecule has 1 amide bonds. The number of benzene rings is 1. The lowest BCUT2D eigenvalue weighted by atomic mass is 9.95. The Bertz CT molecular complexity index is 725. The van der Waals surface area contributed by atoms with Crippen LogP contribution in [0.5, 0.6) is 0 Å². The normalized spacial score (nSPS) is 11.3. The van der Waals surface area contributed by atoms with Crippen molar-refractivity contribution in [1.82, 2.24) is 15.1 Å². The Labute approximate surface area is 139 Å². The molecule has 23 heavy (non-hydrogen) atoms. The number of carbonyl (C=O) groups excluding carboxylic acids is 1. The molecule has 0 aliphatic heterocycles. The average molecular weight is 336 g/mol. The molecule has 1 heterocycles. The van der Waals surface area contributed by atoms with Crippen LogP contribution < -0.4 is 5.32 Å². The quantitative estimate of drug-likeness (QED) is 0.848. The van der Waals surface area contributed by atoms with E-state index < -0.39 is 11.5 Å². The Kier molecular flexibility index (Phi) is 5.05. The Balaban J connectivity index is 1.97. The van der Waals surface area contributed by atoms with Gasteiger partial charge < -0.3 is 10.4 Å². The molecular formula is C16H18ClN3O3. The molecule has 2 rings (SSSR count). The minimum Gasteiger partial charge on any atom is -0.476 e. The number of halogens is 1. The molecule has 0 aliphatic carbocycles. The van der Waals surface area contributed by atoms with E-state index in [4.69, 9.17) is 16.7 Å². The number of carboxylic acids is 1. The van der Waals surface area contributed by atoms with Crippen molar-refractivity contribution in [2.45, 2.75) is 32.4 Å². The SMILES string of the molecule is CC(C)(Cc1ccccc1Cl)NC(=O)Cn1ccc(C(=O)O)n1. The van der Waals surface area contributed by atoms with Crippen LogP contribution in [0.2, 0.25) is 5.02 Å². The van der Waals surface area contributed by atoms with Crippen LogP contribution in [0.25, 0.3) is 0 Å². The molecule has 1 aromatic carbocycles. The number of aromatic carboxylic acids is 1. The van der Waals surface area contributed by atoms with Crippen molar-refractivity contribution in [2.75, 3.05) is 0 Å². The number of nitrogens with one attached hydrogen (secondary N) is 1. The lowest BCUT2D eigenvalue weighted by Crippen LogP contribution is -2.46. The van der Waals surface area contributed by atoms with Gasteiger partial charge in [-0.25, -0.2) is 4.79 Å². The number of rotatable bonds is 6. The minimum atomic E-state index is -1.12. The van der Waals surface area contributed by atoms with Crippen LogP contribution in [0.15, 0.2) is 36.5 Å². The first-order chi connectivity index (χ1) is 10.8. The zero-order chi connectivity index (χ0) is 17.0. The first-order valence-corrected chi connectivity index (χ1v) is 7.46. The van der Waals surface area contributed by atoms with Gasteiger partial charge in [0.05, 0.1) is 0 Å². The molecule has 6 nitrogen and oxygen atoms in total. The largest absolute Gasteiger partial charge is 0.476 e. The average Bonchev–Trinajstić information content (AvgIpc) is 2.89. The number of carboxylic acid groups (broad SMARTS) is 1. The van der Waals surface area contributed by atoms with Crippen LogP contribution in [0.1, 0.15) is 29.9 Å². The van der Waals surface area contributed by atoms with Crippen molar-refractivity contribution in [3.05, 3.63) is 52.8 Å². The van der Waals surface area contributed by atoms with Gasteiger partial charge in [0.25, 0.3) is 0 Å². The predicted octanol–water partition coefficient (Wildman–Crippen LogP) is 2.37. The number of amides is 1. The molecule has 0 aliphatic rings. The summed E-state index contributed by atoms with van der Waals surface area (Å²) in [5.41, 5.74) is 0.366. The van der Waals surface area contributed by atoms with E-state index in [1.165, 1.54) is 16.9 Å². The number of nitrogens with zero attached hydrogens (tertiary/aromatic N) is 2. The number of aromatic nitrogens is 2. The maximum Gasteiger partial charge on any atom is 0.356 e. The summed E-state index contributed by atoms with van der Waals surface area (Å²) in [5.74, 6) is -1.37. The smallest absolute Gasteiger partial charge is 0.356 e. The van der Waals surface area contributed by atoms with Crippen molar-refractivity contribution in [1.29, 1.82) is 0 Å². The fourth-order valence-corrected chi connectivity index (χ4v) is 2.49. The second-order valence-corrected chi connectivity index (χ2v) is 6.31. The van der Waals surface area contributed by atoms with Crippen molar-refractivity contribution in [3.63, 3.8) is 0 Å². The van der Waals surface area contributed by atoms with Gasteiger partial charge in [-0.2, -0.15) is 5.10 Å². The summed E-state index contributed by atoms with van der Waals surface area (Å²) in [6.07, 6.45) is 2.04. The Hall–Kier alpha value is -2.34. The third-order valence-corrected chi connectivity index (χ3v) is 3.60. The molecule has 2 aromatic rings. The minimum absolute atomic E-state index is 0.0424. The third-order valence-electron chi connectivity index (χ3n) is 3.23. The monoisotopic (exact) mass is 335 g/mol. The highest BCUT2D eigenvalue weighted by Crippen LogP contribution is 2.20. The maximum atomic E-state index is 12.1. The van der Waals surface area contributed by atoms with E-state index in [0.29, 0.717) is 11.4 Å². The second kappa shape index (κ2) is 6.83. The Morgan fingerprint density at radius 1 is 1.30 bits per heavy atom. The fourth-order valence-electron chi connectivity index (χ4n) is 2.29. The molecule has 122 valence electrons. The fraction of sp³-hybridized carbons (Fsp3) is 0.312. The summed E-state index contributed by atoms with van der Waals surface area (Å²) in [6.45, 7) is 3.76. The maximum absolute atomic E-state index is 12.1. The van der Waals surface area contributed by atoms with E-state index in [-0.39, 0.29) is 18.1 Å². The van der Waals surface area contributed by atoms with E-state index in [0.717, 1.165) is 5.56 Å². The molecule has 0 bridgehead atoms. The summed E-state index contributed by atoms with van der Waals surface area (Å²) in [5, 5.41) is 16.2. The summed E-state index contributed by atoms with van der Waals surface area (Å²) in [6, 6.07) is 8.84. The summed E-state index contributed by atoms with van der Waals surface area (Å²) >= 11 is 6.15. The van der Waals surface area contributed by atoms with Crippen LogP contribution in [-0.2, 0) is 17.8 Å². The molecular weight excluding hydrogens is 318 g/mol. The second-order valence-electron chi connectivity index (χ2n) is 5.90. The number of carbonyl (C=O) groups is 2. The van der Waals surface area contributed by atoms with Gasteiger partial charge in [-0.15, -0.1) is 0 Å². The topological polar surface area (TPSA) is 84.2 Å². The number of hydrogen-bond donors (Lipinski definition) is 2. The first-order valence-electron chi connectivity index (χ1n) is 7.08.